The van der Waals surface area contributed by atoms with Crippen LogP contribution in [0.15, 0.2) is 11.6 Å². The van der Waals surface area contributed by atoms with Crippen molar-refractivity contribution >= 4 is 28.3 Å². The van der Waals surface area contributed by atoms with Crippen LogP contribution in [0.1, 0.15) is 58.3 Å². The van der Waals surface area contributed by atoms with E-state index in [4.69, 9.17) is 0 Å². The predicted octanol–water partition coefficient (Wildman–Crippen LogP) is 3.58. The maximum atomic E-state index is 12.3. The Labute approximate surface area is 153 Å². The minimum absolute atomic E-state index is 0.00228. The van der Waals surface area contributed by atoms with Crippen LogP contribution in [0.3, 0.4) is 0 Å². The molecule has 5 nitrogen and oxygen atoms in total. The molecule has 1 aromatic heterocycles. The number of hydrogen-bond acceptors (Lipinski definition) is 4. The van der Waals surface area contributed by atoms with Gasteiger partial charge < -0.3 is 10.6 Å². The third-order valence-corrected chi connectivity index (χ3v) is 7.33. The van der Waals surface area contributed by atoms with Crippen LogP contribution in [0, 0.1) is 23.2 Å². The van der Waals surface area contributed by atoms with E-state index >= 15 is 0 Å². The van der Waals surface area contributed by atoms with Crippen LogP contribution in [-0.4, -0.2) is 22.8 Å². The number of anilines is 1. The SMILES string of the molecule is C[C@@H](NC(=O)CCC(=O)Nc1nccs1)C12CC3CC(CC(C3)C1)C2. The van der Waals surface area contributed by atoms with Crippen LogP contribution in [0.5, 0.6) is 0 Å². The second-order valence-electron chi connectivity index (χ2n) is 8.45. The van der Waals surface area contributed by atoms with E-state index in [9.17, 15) is 9.59 Å². The molecule has 0 spiro atoms. The standard InChI is InChI=1S/C19H27N3O2S/c1-12(19-9-13-6-14(10-19)8-15(7-13)11-19)21-16(23)2-3-17(24)22-18-20-4-5-25-18/h4-5,12-15H,2-3,6-11H2,1H3,(H,21,23)(H,20,22,24)/t12-,13?,14?,15?,19?/m1/s1. The number of amides is 2. The number of thiazole rings is 1. The topological polar surface area (TPSA) is 71.1 Å². The predicted molar refractivity (Wildman–Crippen MR) is 98.2 cm³/mol. The quantitative estimate of drug-likeness (QED) is 0.813. The van der Waals surface area contributed by atoms with Crippen LogP contribution < -0.4 is 10.6 Å². The summed E-state index contributed by atoms with van der Waals surface area (Å²) in [5, 5.41) is 8.35. The first kappa shape index (κ1) is 17.0. The summed E-state index contributed by atoms with van der Waals surface area (Å²) in [6, 6.07) is 0.218. The van der Waals surface area contributed by atoms with Crippen molar-refractivity contribution in [1.82, 2.24) is 10.3 Å². The van der Waals surface area contributed by atoms with Crippen LogP contribution in [-0.2, 0) is 9.59 Å². The molecule has 5 rings (SSSR count). The number of nitrogens with zero attached hydrogens (tertiary/aromatic N) is 1. The van der Waals surface area contributed by atoms with Crippen molar-refractivity contribution in [1.29, 1.82) is 0 Å². The summed E-state index contributed by atoms with van der Waals surface area (Å²) >= 11 is 1.38. The lowest BCUT2D eigenvalue weighted by atomic mass is 9.48. The van der Waals surface area contributed by atoms with Gasteiger partial charge >= 0.3 is 0 Å². The van der Waals surface area contributed by atoms with E-state index in [0.29, 0.717) is 10.5 Å². The molecule has 0 aromatic carbocycles. The molecule has 0 aliphatic heterocycles. The monoisotopic (exact) mass is 361 g/mol. The molecule has 0 saturated heterocycles. The highest BCUT2D eigenvalue weighted by Crippen LogP contribution is 2.61. The fourth-order valence-corrected chi connectivity index (χ4v) is 6.41. The molecular weight excluding hydrogens is 334 g/mol. The van der Waals surface area contributed by atoms with Gasteiger partial charge in [-0.25, -0.2) is 4.98 Å². The van der Waals surface area contributed by atoms with Crippen LogP contribution in [0.25, 0.3) is 0 Å². The van der Waals surface area contributed by atoms with Crippen molar-refractivity contribution in [3.63, 3.8) is 0 Å². The summed E-state index contributed by atoms with van der Waals surface area (Å²) in [5.74, 6) is 2.50. The molecule has 0 unspecified atom stereocenters. The second kappa shape index (κ2) is 6.71. The van der Waals surface area contributed by atoms with E-state index in [2.05, 4.69) is 22.5 Å². The highest BCUT2D eigenvalue weighted by molar-refractivity contribution is 7.13. The highest BCUT2D eigenvalue weighted by Gasteiger charge is 2.53. The Morgan fingerprint density at radius 3 is 2.32 bits per heavy atom. The van der Waals surface area contributed by atoms with Gasteiger partial charge in [0.05, 0.1) is 0 Å². The van der Waals surface area contributed by atoms with E-state index in [0.717, 1.165) is 17.8 Å². The summed E-state index contributed by atoms with van der Waals surface area (Å²) in [5.41, 5.74) is 0.313. The summed E-state index contributed by atoms with van der Waals surface area (Å²) in [6.45, 7) is 2.18. The lowest BCUT2D eigenvalue weighted by Gasteiger charge is -2.59. The number of aromatic nitrogens is 1. The van der Waals surface area contributed by atoms with Gasteiger partial charge in [-0.15, -0.1) is 11.3 Å². The molecular formula is C19H27N3O2S. The lowest BCUT2D eigenvalue weighted by Crippen LogP contribution is -2.55. The minimum atomic E-state index is -0.146. The summed E-state index contributed by atoms with van der Waals surface area (Å²) in [4.78, 5) is 28.3. The van der Waals surface area contributed by atoms with Crippen molar-refractivity contribution in [3.05, 3.63) is 11.6 Å². The van der Waals surface area contributed by atoms with Gasteiger partial charge in [0.25, 0.3) is 0 Å². The Morgan fingerprint density at radius 2 is 1.76 bits per heavy atom. The zero-order chi connectivity index (χ0) is 17.4. The van der Waals surface area contributed by atoms with Gasteiger partial charge in [-0.2, -0.15) is 0 Å². The van der Waals surface area contributed by atoms with Crippen molar-refractivity contribution < 1.29 is 9.59 Å². The number of rotatable bonds is 6. The zero-order valence-corrected chi connectivity index (χ0v) is 15.6. The van der Waals surface area contributed by atoms with Crippen molar-refractivity contribution in [3.8, 4) is 0 Å². The molecule has 4 fully saturated rings. The molecule has 4 aliphatic rings. The fraction of sp³-hybridized carbons (Fsp3) is 0.737. The van der Waals surface area contributed by atoms with Gasteiger partial charge in [0, 0.05) is 30.5 Å². The molecule has 1 aromatic rings. The Morgan fingerprint density at radius 1 is 1.16 bits per heavy atom. The average Bonchev–Trinajstić information content (AvgIpc) is 3.04. The van der Waals surface area contributed by atoms with Crippen molar-refractivity contribution in [2.75, 3.05) is 5.32 Å². The van der Waals surface area contributed by atoms with E-state index in [1.807, 2.05) is 5.38 Å². The van der Waals surface area contributed by atoms with Gasteiger partial charge in [-0.3, -0.25) is 9.59 Å². The minimum Gasteiger partial charge on any atom is -0.353 e. The number of nitrogens with one attached hydrogen (secondary N) is 2. The van der Waals surface area contributed by atoms with Crippen molar-refractivity contribution in [2.45, 2.75) is 64.3 Å². The number of carbonyl (C=O) groups excluding carboxylic acids is 2. The highest BCUT2D eigenvalue weighted by atomic mass is 32.1. The van der Waals surface area contributed by atoms with Crippen LogP contribution in [0.2, 0.25) is 0 Å². The largest absolute Gasteiger partial charge is 0.353 e. The second-order valence-corrected chi connectivity index (χ2v) is 9.35. The molecule has 4 bridgehead atoms. The van der Waals surface area contributed by atoms with Gasteiger partial charge in [-0.1, -0.05) is 0 Å². The molecule has 2 amide bonds. The first-order valence-corrected chi connectivity index (χ1v) is 10.4. The average molecular weight is 362 g/mol. The van der Waals surface area contributed by atoms with E-state index < -0.39 is 0 Å². The smallest absolute Gasteiger partial charge is 0.226 e. The Kier molecular flexibility index (Phi) is 4.56. The van der Waals surface area contributed by atoms with Gasteiger partial charge in [0.2, 0.25) is 11.8 Å². The molecule has 0 radical (unpaired) electrons. The van der Waals surface area contributed by atoms with Crippen LogP contribution in [0.4, 0.5) is 5.13 Å². The van der Waals surface area contributed by atoms with E-state index in [1.54, 1.807) is 6.20 Å². The molecule has 25 heavy (non-hydrogen) atoms. The Bertz CT molecular complexity index is 608. The summed E-state index contributed by atoms with van der Waals surface area (Å²) in [7, 11) is 0. The summed E-state index contributed by atoms with van der Waals surface area (Å²) < 4.78 is 0. The maximum absolute atomic E-state index is 12.3. The normalized spacial score (nSPS) is 33.9. The Hall–Kier alpha value is -1.43. The zero-order valence-electron chi connectivity index (χ0n) is 14.8. The number of carbonyl (C=O) groups is 2. The third-order valence-electron chi connectivity index (χ3n) is 6.64. The van der Waals surface area contributed by atoms with Gasteiger partial charge in [-0.05, 0) is 68.6 Å². The van der Waals surface area contributed by atoms with Crippen molar-refractivity contribution in [2.24, 2.45) is 23.2 Å². The lowest BCUT2D eigenvalue weighted by molar-refractivity contribution is -0.128. The maximum Gasteiger partial charge on any atom is 0.226 e. The molecule has 4 saturated carbocycles. The molecule has 136 valence electrons. The molecule has 4 aliphatic carbocycles. The first-order valence-electron chi connectivity index (χ1n) is 9.51. The fourth-order valence-electron chi connectivity index (χ4n) is 5.87. The molecule has 1 atom stereocenters. The van der Waals surface area contributed by atoms with E-state index in [-0.39, 0.29) is 30.7 Å². The summed E-state index contributed by atoms with van der Waals surface area (Å²) in [6.07, 6.45) is 10.2. The van der Waals surface area contributed by atoms with E-state index in [1.165, 1.54) is 49.9 Å². The molecule has 1 heterocycles. The van der Waals surface area contributed by atoms with Crippen LogP contribution >= 0.6 is 11.3 Å². The Balaban J connectivity index is 1.27. The van der Waals surface area contributed by atoms with Gasteiger partial charge in [0.1, 0.15) is 0 Å². The van der Waals surface area contributed by atoms with Gasteiger partial charge in [0.15, 0.2) is 5.13 Å². The molecule has 2 N–H and O–H groups in total. The number of hydrogen-bond donors (Lipinski definition) is 2. The third kappa shape index (κ3) is 3.59. The molecule has 6 heteroatoms. The first-order chi connectivity index (χ1) is 12.0.